The zero-order valence-corrected chi connectivity index (χ0v) is 9.18. The van der Waals surface area contributed by atoms with Crippen molar-refractivity contribution in [1.82, 2.24) is 4.98 Å². The molecule has 1 fully saturated rings. The fourth-order valence-electron chi connectivity index (χ4n) is 2.02. The van der Waals surface area contributed by atoms with Gasteiger partial charge in [0.15, 0.2) is 5.82 Å². The smallest absolute Gasteiger partial charge is 0.151 e. The van der Waals surface area contributed by atoms with Gasteiger partial charge >= 0.3 is 0 Å². The Balaban J connectivity index is 2.20. The first-order valence-corrected chi connectivity index (χ1v) is 5.27. The van der Waals surface area contributed by atoms with Crippen LogP contribution in [0.5, 0.6) is 0 Å². The minimum Gasteiger partial charge on any atom is -0.396 e. The van der Waals surface area contributed by atoms with Crippen LogP contribution in [0.15, 0.2) is 18.3 Å². The van der Waals surface area contributed by atoms with Gasteiger partial charge in [0.2, 0.25) is 0 Å². The van der Waals surface area contributed by atoms with Crippen molar-refractivity contribution >= 4 is 11.5 Å². The van der Waals surface area contributed by atoms with Gasteiger partial charge in [-0.1, -0.05) is 0 Å². The van der Waals surface area contributed by atoms with E-state index in [1.165, 1.54) is 0 Å². The van der Waals surface area contributed by atoms with Gasteiger partial charge in [-0.25, -0.2) is 4.98 Å². The van der Waals surface area contributed by atoms with Crippen molar-refractivity contribution in [2.45, 2.75) is 26.1 Å². The molecule has 1 saturated heterocycles. The highest BCUT2D eigenvalue weighted by atomic mass is 16.5. The Kier molecular flexibility index (Phi) is 2.77. The zero-order chi connectivity index (χ0) is 10.8. The molecule has 4 heteroatoms. The molecule has 0 saturated carbocycles. The number of pyridine rings is 1. The van der Waals surface area contributed by atoms with Crippen molar-refractivity contribution in [3.63, 3.8) is 0 Å². The number of anilines is 2. The lowest BCUT2D eigenvalue weighted by Crippen LogP contribution is -2.46. The second kappa shape index (κ2) is 4.06. The molecule has 0 radical (unpaired) electrons. The van der Waals surface area contributed by atoms with Crippen molar-refractivity contribution in [2.24, 2.45) is 0 Å². The summed E-state index contributed by atoms with van der Waals surface area (Å²) in [5.74, 6) is 0.875. The van der Waals surface area contributed by atoms with Crippen molar-refractivity contribution in [2.75, 3.05) is 23.7 Å². The van der Waals surface area contributed by atoms with Crippen LogP contribution < -0.4 is 10.6 Å². The van der Waals surface area contributed by atoms with E-state index in [0.717, 1.165) is 24.6 Å². The van der Waals surface area contributed by atoms with Gasteiger partial charge in [-0.05, 0) is 26.0 Å². The number of nitrogens with zero attached hydrogens (tertiary/aromatic N) is 2. The fraction of sp³-hybridized carbons (Fsp3) is 0.545. The number of nitrogens with two attached hydrogens (primary N) is 1. The zero-order valence-electron chi connectivity index (χ0n) is 9.18. The number of morpholine rings is 1. The first kappa shape index (κ1) is 10.2. The highest BCUT2D eigenvalue weighted by Crippen LogP contribution is 2.23. The molecule has 0 unspecified atom stereocenters. The molecule has 0 spiro atoms. The molecule has 0 aromatic carbocycles. The Hall–Kier alpha value is -1.29. The van der Waals surface area contributed by atoms with Gasteiger partial charge in [0, 0.05) is 19.3 Å². The molecule has 82 valence electrons. The Morgan fingerprint density at radius 3 is 2.67 bits per heavy atom. The van der Waals surface area contributed by atoms with Gasteiger partial charge in [-0.15, -0.1) is 0 Å². The third kappa shape index (κ3) is 2.21. The molecular weight excluding hydrogens is 190 g/mol. The monoisotopic (exact) mass is 207 g/mol. The summed E-state index contributed by atoms with van der Waals surface area (Å²) in [5, 5.41) is 0. The van der Waals surface area contributed by atoms with E-state index in [9.17, 15) is 0 Å². The first-order valence-electron chi connectivity index (χ1n) is 5.27. The number of ether oxygens (including phenoxy) is 1. The minimum atomic E-state index is 0.232. The molecule has 2 N–H and O–H groups in total. The summed E-state index contributed by atoms with van der Waals surface area (Å²) in [5.41, 5.74) is 6.63. The molecule has 2 heterocycles. The first-order chi connectivity index (χ1) is 7.16. The summed E-state index contributed by atoms with van der Waals surface area (Å²) in [6, 6.07) is 3.74. The highest BCUT2D eigenvalue weighted by molar-refractivity contribution is 5.62. The van der Waals surface area contributed by atoms with Gasteiger partial charge in [0.1, 0.15) is 0 Å². The SMILES string of the molecule is C[C@@H]1CN(c2ncccc2N)C[C@H](C)O1. The molecular formula is C11H17N3O. The maximum atomic E-state index is 5.90. The Morgan fingerprint density at radius 2 is 2.07 bits per heavy atom. The summed E-state index contributed by atoms with van der Waals surface area (Å²) in [7, 11) is 0. The van der Waals surface area contributed by atoms with Crippen LogP contribution in [-0.4, -0.2) is 30.3 Å². The van der Waals surface area contributed by atoms with Crippen LogP contribution in [0, 0.1) is 0 Å². The predicted octanol–water partition coefficient (Wildman–Crippen LogP) is 1.28. The summed E-state index contributed by atoms with van der Waals surface area (Å²) in [6.07, 6.45) is 2.24. The topological polar surface area (TPSA) is 51.4 Å². The van der Waals surface area contributed by atoms with Crippen LogP contribution in [0.3, 0.4) is 0 Å². The predicted molar refractivity (Wildman–Crippen MR) is 60.9 cm³/mol. The Bertz CT molecular complexity index is 332. The summed E-state index contributed by atoms with van der Waals surface area (Å²) in [6.45, 7) is 5.85. The average Bonchev–Trinajstić information content (AvgIpc) is 2.16. The maximum Gasteiger partial charge on any atom is 0.151 e. The summed E-state index contributed by atoms with van der Waals surface area (Å²) in [4.78, 5) is 6.50. The summed E-state index contributed by atoms with van der Waals surface area (Å²) < 4.78 is 5.67. The molecule has 4 nitrogen and oxygen atoms in total. The lowest BCUT2D eigenvalue weighted by molar-refractivity contribution is -0.00540. The van der Waals surface area contributed by atoms with Gasteiger partial charge in [-0.2, -0.15) is 0 Å². The van der Waals surface area contributed by atoms with E-state index in [-0.39, 0.29) is 12.2 Å². The van der Waals surface area contributed by atoms with E-state index in [1.807, 2.05) is 12.1 Å². The Labute approximate surface area is 90.0 Å². The number of hydrogen-bond acceptors (Lipinski definition) is 4. The van der Waals surface area contributed by atoms with Crippen LogP contribution in [-0.2, 0) is 4.74 Å². The quantitative estimate of drug-likeness (QED) is 0.753. The van der Waals surface area contributed by atoms with Crippen molar-refractivity contribution in [1.29, 1.82) is 0 Å². The molecule has 0 aliphatic carbocycles. The minimum absolute atomic E-state index is 0.232. The normalized spacial score (nSPS) is 26.7. The average molecular weight is 207 g/mol. The molecule has 0 bridgehead atoms. The Morgan fingerprint density at radius 1 is 1.40 bits per heavy atom. The van der Waals surface area contributed by atoms with Crippen LogP contribution in [0.25, 0.3) is 0 Å². The van der Waals surface area contributed by atoms with Crippen molar-refractivity contribution in [3.8, 4) is 0 Å². The van der Waals surface area contributed by atoms with Crippen molar-refractivity contribution in [3.05, 3.63) is 18.3 Å². The van der Waals surface area contributed by atoms with Crippen molar-refractivity contribution < 1.29 is 4.74 Å². The van der Waals surface area contributed by atoms with E-state index < -0.39 is 0 Å². The molecule has 15 heavy (non-hydrogen) atoms. The molecule has 1 aliphatic rings. The summed E-state index contributed by atoms with van der Waals surface area (Å²) >= 11 is 0. The third-order valence-electron chi connectivity index (χ3n) is 2.54. The van der Waals surface area contributed by atoms with E-state index in [4.69, 9.17) is 10.5 Å². The van der Waals surface area contributed by atoms with E-state index in [1.54, 1.807) is 6.20 Å². The van der Waals surface area contributed by atoms with E-state index in [2.05, 4.69) is 23.7 Å². The molecule has 0 amide bonds. The van der Waals surface area contributed by atoms with Gasteiger partial charge in [-0.3, -0.25) is 0 Å². The number of rotatable bonds is 1. The van der Waals surface area contributed by atoms with Gasteiger partial charge < -0.3 is 15.4 Å². The van der Waals surface area contributed by atoms with Gasteiger partial charge in [0.05, 0.1) is 17.9 Å². The number of hydrogen-bond donors (Lipinski definition) is 1. The van der Waals surface area contributed by atoms with Crippen LogP contribution >= 0.6 is 0 Å². The van der Waals surface area contributed by atoms with E-state index in [0.29, 0.717) is 0 Å². The highest BCUT2D eigenvalue weighted by Gasteiger charge is 2.23. The maximum absolute atomic E-state index is 5.90. The van der Waals surface area contributed by atoms with Crippen LogP contribution in [0.4, 0.5) is 11.5 Å². The second-order valence-corrected chi connectivity index (χ2v) is 4.08. The molecule has 2 atom stereocenters. The largest absolute Gasteiger partial charge is 0.396 e. The fourth-order valence-corrected chi connectivity index (χ4v) is 2.02. The standard InChI is InChI=1S/C11H17N3O/c1-8-6-14(7-9(2)15-8)11-10(12)4-3-5-13-11/h3-5,8-9H,6-7,12H2,1-2H3/t8-,9+. The molecule has 1 aliphatic heterocycles. The molecule has 1 aromatic rings. The number of aromatic nitrogens is 1. The molecule has 1 aromatic heterocycles. The van der Waals surface area contributed by atoms with E-state index >= 15 is 0 Å². The molecule has 2 rings (SSSR count). The number of nitrogen functional groups attached to an aromatic ring is 1. The lowest BCUT2D eigenvalue weighted by atomic mass is 10.2. The van der Waals surface area contributed by atoms with Gasteiger partial charge in [0.25, 0.3) is 0 Å². The second-order valence-electron chi connectivity index (χ2n) is 4.08. The van der Waals surface area contributed by atoms with Crippen LogP contribution in [0.1, 0.15) is 13.8 Å². The van der Waals surface area contributed by atoms with Crippen LogP contribution in [0.2, 0.25) is 0 Å². The third-order valence-corrected chi connectivity index (χ3v) is 2.54. The lowest BCUT2D eigenvalue weighted by Gasteiger charge is -2.36.